The molecular weight excluding hydrogens is 460 g/mol. The van der Waals surface area contributed by atoms with Gasteiger partial charge in [-0.1, -0.05) is 24.8 Å². The minimum Gasteiger partial charge on any atom is -0.487 e. The first-order valence-electron chi connectivity index (χ1n) is 13.3. The molecule has 1 aliphatic rings. The number of ether oxygens (including phenoxy) is 6. The van der Waals surface area contributed by atoms with Crippen LogP contribution in [0.15, 0.2) is 30.8 Å². The Morgan fingerprint density at radius 3 is 1.94 bits per heavy atom. The molecule has 206 valence electrons. The van der Waals surface area contributed by atoms with Crippen molar-refractivity contribution in [1.82, 2.24) is 9.80 Å². The Balaban J connectivity index is 1.80. The van der Waals surface area contributed by atoms with E-state index < -0.39 is 0 Å². The summed E-state index contributed by atoms with van der Waals surface area (Å²) in [5.41, 5.74) is 0.720. The van der Waals surface area contributed by atoms with Crippen molar-refractivity contribution in [3.63, 3.8) is 0 Å². The molecule has 0 atom stereocenters. The van der Waals surface area contributed by atoms with Crippen LogP contribution in [-0.2, 0) is 23.7 Å². The molecule has 0 bridgehead atoms. The molecule has 8 heteroatoms. The van der Waals surface area contributed by atoms with Gasteiger partial charge in [0, 0.05) is 45.9 Å². The zero-order valence-corrected chi connectivity index (χ0v) is 22.8. The Labute approximate surface area is 218 Å². The van der Waals surface area contributed by atoms with Crippen LogP contribution in [0.3, 0.4) is 0 Å². The molecule has 1 fully saturated rings. The zero-order chi connectivity index (χ0) is 25.9. The van der Waals surface area contributed by atoms with E-state index in [9.17, 15) is 0 Å². The van der Waals surface area contributed by atoms with Gasteiger partial charge >= 0.3 is 0 Å². The van der Waals surface area contributed by atoms with E-state index in [0.717, 1.165) is 57.2 Å². The molecule has 0 amide bonds. The summed E-state index contributed by atoms with van der Waals surface area (Å²) in [5.74, 6) is 0.857. The quantitative estimate of drug-likeness (QED) is 0.399. The SMILES string of the molecule is C=Cc1ccc(OC(C)(C)CN2CCOCCOCCN(CCOCCOCC)CCOCC2)cc1. The number of nitrogens with zero attached hydrogens (tertiary/aromatic N) is 2. The highest BCUT2D eigenvalue weighted by atomic mass is 16.5. The molecule has 0 aliphatic carbocycles. The van der Waals surface area contributed by atoms with Crippen LogP contribution in [0.4, 0.5) is 0 Å². The van der Waals surface area contributed by atoms with Crippen molar-refractivity contribution in [2.24, 2.45) is 0 Å². The van der Waals surface area contributed by atoms with Gasteiger partial charge in [-0.3, -0.25) is 9.80 Å². The lowest BCUT2D eigenvalue weighted by Gasteiger charge is -2.33. The standard InChI is InChI=1S/C28H48N2O6/c1-5-26-7-9-27(10-8-26)36-28(3,4)25-30-14-19-32-16-11-29(12-17-33-22-21-31-6-2)13-18-34-23-24-35-20-15-30/h5,7-10H,1,6,11-25H2,2-4H3. The van der Waals surface area contributed by atoms with E-state index in [1.54, 1.807) is 0 Å². The first-order valence-corrected chi connectivity index (χ1v) is 13.3. The van der Waals surface area contributed by atoms with Gasteiger partial charge in [0.05, 0.1) is 59.5 Å². The third-order valence-electron chi connectivity index (χ3n) is 5.82. The Morgan fingerprint density at radius 1 is 0.806 bits per heavy atom. The van der Waals surface area contributed by atoms with Gasteiger partial charge in [0.15, 0.2) is 0 Å². The molecule has 0 aromatic heterocycles. The summed E-state index contributed by atoms with van der Waals surface area (Å²) in [6.45, 7) is 21.5. The van der Waals surface area contributed by atoms with Gasteiger partial charge in [-0.15, -0.1) is 0 Å². The van der Waals surface area contributed by atoms with Gasteiger partial charge < -0.3 is 28.4 Å². The van der Waals surface area contributed by atoms with E-state index in [4.69, 9.17) is 28.4 Å². The zero-order valence-electron chi connectivity index (χ0n) is 22.8. The Hall–Kier alpha value is -1.52. The maximum Gasteiger partial charge on any atom is 0.120 e. The molecule has 1 aliphatic heterocycles. The highest BCUT2D eigenvalue weighted by Crippen LogP contribution is 2.20. The van der Waals surface area contributed by atoms with Gasteiger partial charge in [0.2, 0.25) is 0 Å². The molecule has 0 unspecified atom stereocenters. The highest BCUT2D eigenvalue weighted by molar-refractivity contribution is 5.48. The molecule has 0 saturated carbocycles. The summed E-state index contributed by atoms with van der Waals surface area (Å²) in [5, 5.41) is 0. The second kappa shape index (κ2) is 18.7. The topological polar surface area (TPSA) is 61.9 Å². The highest BCUT2D eigenvalue weighted by Gasteiger charge is 2.24. The lowest BCUT2D eigenvalue weighted by molar-refractivity contribution is 0.0139. The minimum atomic E-state index is -0.360. The summed E-state index contributed by atoms with van der Waals surface area (Å²) < 4.78 is 34.9. The first kappa shape index (κ1) is 30.7. The average molecular weight is 509 g/mol. The Bertz CT molecular complexity index is 685. The first-order chi connectivity index (χ1) is 17.5. The average Bonchev–Trinajstić information content (AvgIpc) is 2.87. The van der Waals surface area contributed by atoms with E-state index in [0.29, 0.717) is 59.5 Å². The van der Waals surface area contributed by atoms with Crippen LogP contribution in [0.5, 0.6) is 5.75 Å². The molecule has 1 aromatic carbocycles. The van der Waals surface area contributed by atoms with Gasteiger partial charge in [-0.2, -0.15) is 0 Å². The lowest BCUT2D eigenvalue weighted by Crippen LogP contribution is -2.45. The summed E-state index contributed by atoms with van der Waals surface area (Å²) in [7, 11) is 0. The molecule has 36 heavy (non-hydrogen) atoms. The summed E-state index contributed by atoms with van der Waals surface area (Å²) in [4.78, 5) is 4.68. The largest absolute Gasteiger partial charge is 0.487 e. The number of benzene rings is 1. The van der Waals surface area contributed by atoms with Crippen LogP contribution in [-0.4, -0.2) is 121 Å². The van der Waals surface area contributed by atoms with Crippen LogP contribution >= 0.6 is 0 Å². The third-order valence-corrected chi connectivity index (χ3v) is 5.82. The van der Waals surface area contributed by atoms with Crippen molar-refractivity contribution in [3.05, 3.63) is 36.4 Å². The molecule has 2 rings (SSSR count). The minimum absolute atomic E-state index is 0.360. The van der Waals surface area contributed by atoms with Gasteiger partial charge in [0.1, 0.15) is 11.4 Å². The van der Waals surface area contributed by atoms with E-state index in [1.807, 2.05) is 37.3 Å². The van der Waals surface area contributed by atoms with Crippen molar-refractivity contribution in [2.45, 2.75) is 26.4 Å². The molecule has 8 nitrogen and oxygen atoms in total. The molecule has 1 aromatic rings. The number of rotatable bonds is 12. The monoisotopic (exact) mass is 508 g/mol. The maximum atomic E-state index is 6.31. The van der Waals surface area contributed by atoms with Crippen molar-refractivity contribution in [2.75, 3.05) is 105 Å². The molecule has 0 radical (unpaired) electrons. The summed E-state index contributed by atoms with van der Waals surface area (Å²) >= 11 is 0. The predicted octanol–water partition coefficient (Wildman–Crippen LogP) is 3.21. The van der Waals surface area contributed by atoms with E-state index in [-0.39, 0.29) is 5.60 Å². The van der Waals surface area contributed by atoms with E-state index >= 15 is 0 Å². The summed E-state index contributed by atoms with van der Waals surface area (Å²) in [6, 6.07) is 8.02. The van der Waals surface area contributed by atoms with Gasteiger partial charge in [-0.25, -0.2) is 0 Å². The van der Waals surface area contributed by atoms with Crippen LogP contribution in [0.2, 0.25) is 0 Å². The second-order valence-corrected chi connectivity index (χ2v) is 9.40. The van der Waals surface area contributed by atoms with Crippen molar-refractivity contribution in [1.29, 1.82) is 0 Å². The molecule has 1 saturated heterocycles. The molecule has 0 N–H and O–H groups in total. The lowest BCUT2D eigenvalue weighted by atomic mass is 10.1. The van der Waals surface area contributed by atoms with Crippen molar-refractivity contribution >= 4 is 6.08 Å². The summed E-state index contributed by atoms with van der Waals surface area (Å²) in [6.07, 6.45) is 1.83. The van der Waals surface area contributed by atoms with Crippen LogP contribution in [0.25, 0.3) is 6.08 Å². The fourth-order valence-electron chi connectivity index (χ4n) is 3.92. The molecule has 0 spiro atoms. The second-order valence-electron chi connectivity index (χ2n) is 9.40. The van der Waals surface area contributed by atoms with Crippen LogP contribution in [0.1, 0.15) is 26.3 Å². The normalized spacial score (nSPS) is 18.3. The van der Waals surface area contributed by atoms with Crippen molar-refractivity contribution in [3.8, 4) is 5.75 Å². The van der Waals surface area contributed by atoms with Gasteiger partial charge in [-0.05, 0) is 38.5 Å². The fraction of sp³-hybridized carbons (Fsp3) is 0.714. The molecular formula is C28H48N2O6. The molecule has 1 heterocycles. The Kier molecular flexibility index (Phi) is 15.9. The smallest absolute Gasteiger partial charge is 0.120 e. The predicted molar refractivity (Wildman–Crippen MR) is 144 cm³/mol. The van der Waals surface area contributed by atoms with E-state index in [1.165, 1.54) is 0 Å². The number of hydrogen-bond acceptors (Lipinski definition) is 8. The van der Waals surface area contributed by atoms with E-state index in [2.05, 4.69) is 30.2 Å². The Morgan fingerprint density at radius 2 is 1.36 bits per heavy atom. The van der Waals surface area contributed by atoms with Crippen LogP contribution < -0.4 is 4.74 Å². The third kappa shape index (κ3) is 14.3. The van der Waals surface area contributed by atoms with Crippen molar-refractivity contribution < 1.29 is 28.4 Å². The fourth-order valence-corrected chi connectivity index (χ4v) is 3.92. The maximum absolute atomic E-state index is 6.31. The van der Waals surface area contributed by atoms with Crippen LogP contribution in [0, 0.1) is 0 Å². The van der Waals surface area contributed by atoms with Gasteiger partial charge in [0.25, 0.3) is 0 Å². The number of hydrogen-bond donors (Lipinski definition) is 0.